The van der Waals surface area contributed by atoms with Crippen LogP contribution in [-0.4, -0.2) is 24.1 Å². The van der Waals surface area contributed by atoms with E-state index in [1.165, 1.54) is 10.8 Å². The van der Waals surface area contributed by atoms with Crippen molar-refractivity contribution in [3.8, 4) is 34.2 Å². The first-order valence-corrected chi connectivity index (χ1v) is 19.4. The minimum atomic E-state index is -0.0112. The Morgan fingerprint density at radius 1 is 0.509 bits per heavy atom. The molecule has 0 amide bonds. The molecule has 7 aromatic carbocycles. The summed E-state index contributed by atoms with van der Waals surface area (Å²) in [4.78, 5) is 16.1. The molecule has 11 aromatic rings. The van der Waals surface area contributed by atoms with E-state index in [0.29, 0.717) is 11.8 Å². The Labute approximate surface area is 327 Å². The zero-order chi connectivity index (χ0) is 37.5. The second kappa shape index (κ2) is 12.5. The van der Waals surface area contributed by atoms with Gasteiger partial charge in [0.1, 0.15) is 17.0 Å². The number of nitrogens with zero attached hydrogens (tertiary/aromatic N) is 5. The predicted octanol–water partition coefficient (Wildman–Crippen LogP) is 12.9. The van der Waals surface area contributed by atoms with Crippen LogP contribution < -0.4 is 0 Å². The van der Waals surface area contributed by atoms with Gasteiger partial charge in [-0.2, -0.15) is 9.97 Å². The molecule has 0 bridgehead atoms. The molecule has 0 radical (unpaired) electrons. The standard InChI is InChI=1S/C51H33N5O/c1-4-16-32(17-5-1)41-30-34(31-45-46(41)40-24-12-15-27-44(40)57-45)50-52-49(33-18-6-2-7-19-33)53-51(54-50)56-43-26-14-11-23-37(43)39-29-28-38-36-22-10-13-25-42(36)55(47(38)48(39)56)35-20-8-3-9-21-35/h1-18,20-31,33H,19H2. The van der Waals surface area contributed by atoms with Gasteiger partial charge < -0.3 is 8.98 Å². The van der Waals surface area contributed by atoms with Crippen molar-refractivity contribution < 1.29 is 4.42 Å². The Bertz CT molecular complexity index is 3440. The number of hydrogen-bond donors (Lipinski definition) is 0. The molecule has 1 aliphatic rings. The van der Waals surface area contributed by atoms with Gasteiger partial charge in [0.05, 0.1) is 22.1 Å². The molecule has 1 atom stereocenters. The van der Waals surface area contributed by atoms with Crippen molar-refractivity contribution in [2.75, 3.05) is 0 Å². The Balaban J connectivity index is 1.20. The molecule has 0 fully saturated rings. The highest BCUT2D eigenvalue weighted by molar-refractivity contribution is 6.23. The van der Waals surface area contributed by atoms with E-state index in [9.17, 15) is 0 Å². The quantitative estimate of drug-likeness (QED) is 0.177. The zero-order valence-corrected chi connectivity index (χ0v) is 30.7. The number of fused-ring (bicyclic) bond motifs is 10. The molecule has 4 heterocycles. The van der Waals surface area contributed by atoms with E-state index in [1.807, 2.05) is 12.1 Å². The minimum Gasteiger partial charge on any atom is -0.456 e. The molecule has 0 N–H and O–H groups in total. The van der Waals surface area contributed by atoms with Crippen molar-refractivity contribution in [2.45, 2.75) is 12.3 Å². The van der Waals surface area contributed by atoms with Crippen molar-refractivity contribution >= 4 is 65.6 Å². The van der Waals surface area contributed by atoms with Gasteiger partial charge in [-0.25, -0.2) is 4.98 Å². The first-order chi connectivity index (χ1) is 28.3. The van der Waals surface area contributed by atoms with Gasteiger partial charge in [-0.05, 0) is 60.0 Å². The van der Waals surface area contributed by atoms with Gasteiger partial charge in [0.15, 0.2) is 5.82 Å². The zero-order valence-electron chi connectivity index (χ0n) is 30.7. The minimum absolute atomic E-state index is 0.0112. The Morgan fingerprint density at radius 3 is 1.89 bits per heavy atom. The largest absolute Gasteiger partial charge is 0.456 e. The predicted molar refractivity (Wildman–Crippen MR) is 232 cm³/mol. The SMILES string of the molecule is C1=CCC(c2nc(-c3cc(-c4ccccc4)c4c(c3)oc3ccccc34)nc(-n3c4ccccc4c4ccc5c6ccccc6n(-c6ccccc6)c5c43)n2)C=C1. The lowest BCUT2D eigenvalue weighted by Gasteiger charge is -2.16. The van der Waals surface area contributed by atoms with Crippen molar-refractivity contribution in [3.63, 3.8) is 0 Å². The number of para-hydroxylation sites is 4. The first-order valence-electron chi connectivity index (χ1n) is 19.4. The molecule has 0 saturated heterocycles. The molecule has 0 saturated carbocycles. The molecule has 4 aromatic heterocycles. The molecule has 1 aliphatic carbocycles. The van der Waals surface area contributed by atoms with Crippen LogP contribution in [0.5, 0.6) is 0 Å². The normalized spacial score (nSPS) is 14.3. The molecule has 6 heteroatoms. The maximum atomic E-state index is 6.57. The number of furan rings is 1. The van der Waals surface area contributed by atoms with Crippen molar-refractivity contribution in [1.82, 2.24) is 24.1 Å². The molecular formula is C51H33N5O. The molecule has 0 aliphatic heterocycles. The van der Waals surface area contributed by atoms with Gasteiger partial charge in [-0.1, -0.05) is 140 Å². The fourth-order valence-electron chi connectivity index (χ4n) is 8.93. The summed E-state index contributed by atoms with van der Waals surface area (Å²) in [6, 6.07) is 55.5. The van der Waals surface area contributed by atoms with E-state index in [2.05, 4.69) is 179 Å². The number of benzene rings is 7. The van der Waals surface area contributed by atoms with Gasteiger partial charge in [-0.3, -0.25) is 4.57 Å². The van der Waals surface area contributed by atoms with Gasteiger partial charge >= 0.3 is 0 Å². The van der Waals surface area contributed by atoms with Crippen LogP contribution in [0.3, 0.4) is 0 Å². The topological polar surface area (TPSA) is 61.7 Å². The third-order valence-corrected chi connectivity index (χ3v) is 11.5. The van der Waals surface area contributed by atoms with Gasteiger partial charge in [0, 0.05) is 49.5 Å². The Kier molecular flexibility index (Phi) is 6.95. The Hall–Kier alpha value is -7.57. The van der Waals surface area contributed by atoms with E-state index >= 15 is 0 Å². The third kappa shape index (κ3) is 4.87. The summed E-state index contributed by atoms with van der Waals surface area (Å²) in [5, 5.41) is 6.80. The van der Waals surface area contributed by atoms with Gasteiger partial charge in [0.2, 0.25) is 5.95 Å². The molecule has 57 heavy (non-hydrogen) atoms. The van der Waals surface area contributed by atoms with Crippen LogP contribution in [0.25, 0.3) is 99.7 Å². The highest BCUT2D eigenvalue weighted by atomic mass is 16.3. The Morgan fingerprint density at radius 2 is 1.16 bits per heavy atom. The third-order valence-electron chi connectivity index (χ3n) is 11.5. The highest BCUT2D eigenvalue weighted by Gasteiger charge is 2.25. The lowest BCUT2D eigenvalue weighted by atomic mass is 9.96. The van der Waals surface area contributed by atoms with E-state index in [-0.39, 0.29) is 5.92 Å². The summed E-state index contributed by atoms with van der Waals surface area (Å²) < 4.78 is 11.2. The second-order valence-corrected chi connectivity index (χ2v) is 14.7. The average Bonchev–Trinajstić information content (AvgIpc) is 3.95. The average molecular weight is 732 g/mol. The number of hydrogen-bond acceptors (Lipinski definition) is 4. The van der Waals surface area contributed by atoms with Crippen molar-refractivity contribution in [1.29, 1.82) is 0 Å². The summed E-state index contributed by atoms with van der Waals surface area (Å²) >= 11 is 0. The first kappa shape index (κ1) is 31.7. The van der Waals surface area contributed by atoms with Gasteiger partial charge in [-0.15, -0.1) is 0 Å². The number of rotatable bonds is 5. The fourth-order valence-corrected chi connectivity index (χ4v) is 8.93. The van der Waals surface area contributed by atoms with Crippen LogP contribution in [0.15, 0.2) is 186 Å². The maximum Gasteiger partial charge on any atom is 0.238 e. The van der Waals surface area contributed by atoms with E-state index in [4.69, 9.17) is 19.4 Å². The maximum absolute atomic E-state index is 6.57. The van der Waals surface area contributed by atoms with Gasteiger partial charge in [0.25, 0.3) is 0 Å². The monoisotopic (exact) mass is 731 g/mol. The summed E-state index contributed by atoms with van der Waals surface area (Å²) in [6.45, 7) is 0. The van der Waals surface area contributed by atoms with Crippen LogP contribution in [0.2, 0.25) is 0 Å². The summed E-state index contributed by atoms with van der Waals surface area (Å²) in [7, 11) is 0. The molecular weight excluding hydrogens is 699 g/mol. The number of allylic oxidation sites excluding steroid dienone is 4. The van der Waals surface area contributed by atoms with Crippen LogP contribution in [0, 0.1) is 0 Å². The molecule has 6 nitrogen and oxygen atoms in total. The summed E-state index contributed by atoms with van der Waals surface area (Å²) in [6.07, 6.45) is 9.36. The van der Waals surface area contributed by atoms with Crippen molar-refractivity contribution in [2.24, 2.45) is 0 Å². The van der Waals surface area contributed by atoms with Crippen LogP contribution in [0.4, 0.5) is 0 Å². The fraction of sp³-hybridized carbons (Fsp3) is 0.0392. The summed E-state index contributed by atoms with van der Waals surface area (Å²) in [5.41, 5.74) is 10.1. The lowest BCUT2D eigenvalue weighted by Crippen LogP contribution is -2.11. The lowest BCUT2D eigenvalue weighted by molar-refractivity contribution is 0.669. The molecule has 268 valence electrons. The van der Waals surface area contributed by atoms with Crippen LogP contribution in [0.1, 0.15) is 18.2 Å². The highest BCUT2D eigenvalue weighted by Crippen LogP contribution is 2.43. The molecule has 12 rings (SSSR count). The van der Waals surface area contributed by atoms with E-state index in [0.717, 1.165) is 89.4 Å². The summed E-state index contributed by atoms with van der Waals surface area (Å²) in [5.74, 6) is 1.89. The van der Waals surface area contributed by atoms with E-state index in [1.54, 1.807) is 0 Å². The molecule has 0 spiro atoms. The smallest absolute Gasteiger partial charge is 0.238 e. The number of aromatic nitrogens is 5. The second-order valence-electron chi connectivity index (χ2n) is 14.7. The van der Waals surface area contributed by atoms with Crippen molar-refractivity contribution in [3.05, 3.63) is 188 Å². The van der Waals surface area contributed by atoms with Crippen LogP contribution in [-0.2, 0) is 0 Å². The van der Waals surface area contributed by atoms with Crippen LogP contribution >= 0.6 is 0 Å². The van der Waals surface area contributed by atoms with E-state index < -0.39 is 0 Å². The molecule has 1 unspecified atom stereocenters.